The number of hydrogen-bond acceptors (Lipinski definition) is 3. The Labute approximate surface area is 178 Å². The normalized spacial score (nSPS) is 11.8. The highest BCUT2D eigenvalue weighted by molar-refractivity contribution is 6.30. The van der Waals surface area contributed by atoms with Gasteiger partial charge >= 0.3 is 0 Å². The van der Waals surface area contributed by atoms with E-state index in [9.17, 15) is 9.59 Å². The van der Waals surface area contributed by atoms with Crippen molar-refractivity contribution in [1.82, 2.24) is 10.2 Å². The van der Waals surface area contributed by atoms with Gasteiger partial charge in [-0.1, -0.05) is 48.9 Å². The largest absolute Gasteiger partial charge is 0.484 e. The first-order chi connectivity index (χ1) is 13.9. The first-order valence-corrected chi connectivity index (χ1v) is 10.3. The van der Waals surface area contributed by atoms with E-state index in [1.807, 2.05) is 51.1 Å². The summed E-state index contributed by atoms with van der Waals surface area (Å²) in [5, 5.41) is 3.52. The van der Waals surface area contributed by atoms with E-state index in [1.165, 1.54) is 0 Å². The quantitative estimate of drug-likeness (QED) is 0.634. The summed E-state index contributed by atoms with van der Waals surface area (Å²) in [5.41, 5.74) is 1.11. The standard InChI is InChI=1S/C23H29ClN2O3/c1-4-21(23(28)25-17(2)3)26(15-14-18-8-6-5-7-9-18)22(27)16-29-20-12-10-19(24)11-13-20/h5-13,17,21H,4,14-16H2,1-3H3,(H,25,28)/t21-/m0/s1. The van der Waals surface area contributed by atoms with E-state index in [0.29, 0.717) is 30.2 Å². The van der Waals surface area contributed by atoms with Crippen LogP contribution in [-0.4, -0.2) is 41.9 Å². The average molecular weight is 417 g/mol. The molecule has 0 aliphatic heterocycles. The molecule has 0 aliphatic carbocycles. The number of benzene rings is 2. The first-order valence-electron chi connectivity index (χ1n) is 9.92. The molecule has 0 radical (unpaired) electrons. The molecule has 0 aromatic heterocycles. The van der Waals surface area contributed by atoms with Crippen LogP contribution in [0.15, 0.2) is 54.6 Å². The second kappa shape index (κ2) is 11.5. The Kier molecular flexibility index (Phi) is 9.00. The van der Waals surface area contributed by atoms with Gasteiger partial charge in [0.2, 0.25) is 5.91 Å². The summed E-state index contributed by atoms with van der Waals surface area (Å²) in [6.07, 6.45) is 1.19. The Balaban J connectivity index is 2.11. The van der Waals surface area contributed by atoms with E-state index < -0.39 is 6.04 Å². The van der Waals surface area contributed by atoms with Crippen molar-refractivity contribution in [2.75, 3.05) is 13.2 Å². The van der Waals surface area contributed by atoms with Gasteiger partial charge in [-0.3, -0.25) is 9.59 Å². The number of rotatable bonds is 10. The summed E-state index contributed by atoms with van der Waals surface area (Å²) >= 11 is 5.89. The zero-order valence-corrected chi connectivity index (χ0v) is 18.0. The maximum atomic E-state index is 13.0. The molecule has 0 heterocycles. The minimum absolute atomic E-state index is 0.00735. The van der Waals surface area contributed by atoms with Crippen LogP contribution >= 0.6 is 11.6 Å². The lowest BCUT2D eigenvalue weighted by atomic mass is 10.1. The molecular formula is C23H29ClN2O3. The van der Waals surface area contributed by atoms with Crippen LogP contribution in [0.2, 0.25) is 5.02 Å². The summed E-state index contributed by atoms with van der Waals surface area (Å²) in [5.74, 6) is 0.197. The van der Waals surface area contributed by atoms with E-state index >= 15 is 0 Å². The molecule has 0 unspecified atom stereocenters. The van der Waals surface area contributed by atoms with E-state index in [-0.39, 0.29) is 24.5 Å². The average Bonchev–Trinajstić information content (AvgIpc) is 2.70. The van der Waals surface area contributed by atoms with Crippen LogP contribution in [-0.2, 0) is 16.0 Å². The molecule has 2 amide bonds. The lowest BCUT2D eigenvalue weighted by Gasteiger charge is -2.31. The van der Waals surface area contributed by atoms with Gasteiger partial charge in [0.25, 0.3) is 5.91 Å². The van der Waals surface area contributed by atoms with Crippen molar-refractivity contribution in [2.45, 2.75) is 45.7 Å². The van der Waals surface area contributed by atoms with Crippen molar-refractivity contribution in [3.63, 3.8) is 0 Å². The highest BCUT2D eigenvalue weighted by Crippen LogP contribution is 2.16. The van der Waals surface area contributed by atoms with Gasteiger partial charge < -0.3 is 15.0 Å². The summed E-state index contributed by atoms with van der Waals surface area (Å²) < 4.78 is 5.63. The van der Waals surface area contributed by atoms with Crippen molar-refractivity contribution in [1.29, 1.82) is 0 Å². The third-order valence-corrected chi connectivity index (χ3v) is 4.73. The second-order valence-corrected chi connectivity index (χ2v) is 7.59. The number of amides is 2. The summed E-state index contributed by atoms with van der Waals surface area (Å²) in [6, 6.07) is 16.2. The van der Waals surface area contributed by atoms with Crippen molar-refractivity contribution in [3.05, 3.63) is 65.2 Å². The number of hydrogen-bond donors (Lipinski definition) is 1. The minimum Gasteiger partial charge on any atom is -0.484 e. The molecule has 6 heteroatoms. The molecule has 0 bridgehead atoms. The predicted octanol–water partition coefficient (Wildman–Crippen LogP) is 4.09. The molecule has 0 saturated carbocycles. The maximum Gasteiger partial charge on any atom is 0.261 e. The Morgan fingerprint density at radius 3 is 2.31 bits per heavy atom. The number of carbonyl (C=O) groups excluding carboxylic acids is 2. The van der Waals surface area contributed by atoms with E-state index in [4.69, 9.17) is 16.3 Å². The predicted molar refractivity (Wildman–Crippen MR) is 116 cm³/mol. The first kappa shape index (κ1) is 22.8. The fraction of sp³-hybridized carbons (Fsp3) is 0.391. The molecule has 1 N–H and O–H groups in total. The van der Waals surface area contributed by atoms with Gasteiger partial charge in [-0.15, -0.1) is 0 Å². The zero-order chi connectivity index (χ0) is 21.2. The topological polar surface area (TPSA) is 58.6 Å². The monoisotopic (exact) mass is 416 g/mol. The van der Waals surface area contributed by atoms with Crippen LogP contribution in [0.5, 0.6) is 5.75 Å². The fourth-order valence-corrected chi connectivity index (χ4v) is 3.16. The van der Waals surface area contributed by atoms with Crippen molar-refractivity contribution < 1.29 is 14.3 Å². The van der Waals surface area contributed by atoms with Gasteiger partial charge in [0, 0.05) is 17.6 Å². The van der Waals surface area contributed by atoms with Crippen LogP contribution in [0, 0.1) is 0 Å². The van der Waals surface area contributed by atoms with Crippen molar-refractivity contribution in [3.8, 4) is 5.75 Å². The van der Waals surface area contributed by atoms with E-state index in [0.717, 1.165) is 5.56 Å². The highest BCUT2D eigenvalue weighted by Gasteiger charge is 2.28. The molecule has 156 valence electrons. The van der Waals surface area contributed by atoms with Crippen LogP contribution in [0.1, 0.15) is 32.8 Å². The molecular weight excluding hydrogens is 388 g/mol. The molecule has 2 aromatic rings. The Bertz CT molecular complexity index is 778. The third-order valence-electron chi connectivity index (χ3n) is 4.48. The van der Waals surface area contributed by atoms with Crippen molar-refractivity contribution >= 4 is 23.4 Å². The number of nitrogens with one attached hydrogen (secondary N) is 1. The zero-order valence-electron chi connectivity index (χ0n) is 17.2. The van der Waals surface area contributed by atoms with Gasteiger partial charge in [0.15, 0.2) is 6.61 Å². The van der Waals surface area contributed by atoms with Gasteiger partial charge in [-0.05, 0) is 56.5 Å². The molecule has 0 spiro atoms. The van der Waals surface area contributed by atoms with E-state index in [2.05, 4.69) is 5.32 Å². The SMILES string of the molecule is CC[C@@H](C(=O)NC(C)C)N(CCc1ccccc1)C(=O)COc1ccc(Cl)cc1. The Morgan fingerprint density at radius 2 is 1.72 bits per heavy atom. The van der Waals surface area contributed by atoms with Gasteiger partial charge in [0.05, 0.1) is 0 Å². The lowest BCUT2D eigenvalue weighted by molar-refractivity contribution is -0.142. The van der Waals surface area contributed by atoms with Crippen LogP contribution in [0.4, 0.5) is 0 Å². The smallest absolute Gasteiger partial charge is 0.261 e. The Hall–Kier alpha value is -2.53. The Morgan fingerprint density at radius 1 is 1.07 bits per heavy atom. The minimum atomic E-state index is -0.539. The molecule has 29 heavy (non-hydrogen) atoms. The third kappa shape index (κ3) is 7.42. The maximum absolute atomic E-state index is 13.0. The van der Waals surface area contributed by atoms with E-state index in [1.54, 1.807) is 29.2 Å². The summed E-state index contributed by atoms with van der Waals surface area (Å²) in [4.78, 5) is 27.3. The van der Waals surface area contributed by atoms with Gasteiger partial charge in [0.1, 0.15) is 11.8 Å². The number of ether oxygens (including phenoxy) is 1. The summed E-state index contributed by atoms with van der Waals surface area (Å²) in [6.45, 7) is 6.03. The fourth-order valence-electron chi connectivity index (χ4n) is 3.04. The molecule has 0 saturated heterocycles. The van der Waals surface area contributed by atoms with Crippen LogP contribution in [0.25, 0.3) is 0 Å². The van der Waals surface area contributed by atoms with Gasteiger partial charge in [-0.25, -0.2) is 0 Å². The number of nitrogens with zero attached hydrogens (tertiary/aromatic N) is 1. The molecule has 2 rings (SSSR count). The second-order valence-electron chi connectivity index (χ2n) is 7.15. The molecule has 2 aromatic carbocycles. The van der Waals surface area contributed by atoms with Crippen LogP contribution in [0.3, 0.4) is 0 Å². The lowest BCUT2D eigenvalue weighted by Crippen LogP contribution is -2.52. The number of carbonyl (C=O) groups is 2. The van der Waals surface area contributed by atoms with Crippen molar-refractivity contribution in [2.24, 2.45) is 0 Å². The molecule has 0 fully saturated rings. The highest BCUT2D eigenvalue weighted by atomic mass is 35.5. The van der Waals surface area contributed by atoms with Crippen LogP contribution < -0.4 is 10.1 Å². The number of halogens is 1. The van der Waals surface area contributed by atoms with Gasteiger partial charge in [-0.2, -0.15) is 0 Å². The summed E-state index contributed by atoms with van der Waals surface area (Å²) in [7, 11) is 0. The molecule has 0 aliphatic rings. The molecule has 1 atom stereocenters. The molecule has 5 nitrogen and oxygen atoms in total.